The third kappa shape index (κ3) is 2.48. The van der Waals surface area contributed by atoms with Crippen molar-refractivity contribution in [3.63, 3.8) is 0 Å². The molecule has 1 aromatic carbocycles. The Hall–Kier alpha value is -1.40. The average molecular weight is 319 g/mol. The maximum Gasteiger partial charge on any atom is 0.495 e. The van der Waals surface area contributed by atoms with Gasteiger partial charge in [-0.2, -0.15) is 0 Å². The van der Waals surface area contributed by atoms with Crippen molar-refractivity contribution in [1.29, 1.82) is 0 Å². The lowest BCUT2D eigenvalue weighted by atomic mass is 9.72. The first-order chi connectivity index (χ1) is 10.5. The van der Waals surface area contributed by atoms with Crippen molar-refractivity contribution in [3.05, 3.63) is 28.8 Å². The predicted molar refractivity (Wildman–Crippen MR) is 87.4 cm³/mol. The van der Waals surface area contributed by atoms with Gasteiger partial charge in [-0.3, -0.25) is 4.79 Å². The van der Waals surface area contributed by atoms with Crippen LogP contribution in [-0.2, 0) is 15.0 Å². The van der Waals surface area contributed by atoms with E-state index in [-0.39, 0.29) is 0 Å². The summed E-state index contributed by atoms with van der Waals surface area (Å²) in [6.45, 7) is 9.57. The summed E-state index contributed by atoms with van der Waals surface area (Å²) in [7, 11) is -0.649. The zero-order valence-electron chi connectivity index (χ0n) is 14.3. The number of carbonyl (C=O) groups is 1. The molecule has 2 fully saturated rings. The van der Waals surface area contributed by atoms with Gasteiger partial charge in [-0.1, -0.05) is 6.07 Å². The second-order valence-corrected chi connectivity index (χ2v) is 7.62. The molecule has 0 atom stereocenters. The summed E-state index contributed by atoms with van der Waals surface area (Å²) in [4.78, 5) is 11.6. The topological polar surface area (TPSA) is 61.6 Å². The summed E-state index contributed by atoms with van der Waals surface area (Å²) in [5.74, 6) is -0.548. The number of nitrogens with two attached hydrogens (primary N) is 1. The van der Waals surface area contributed by atoms with E-state index in [9.17, 15) is 9.18 Å². The number of hydrogen-bond donors (Lipinski definition) is 1. The van der Waals surface area contributed by atoms with Crippen LogP contribution >= 0.6 is 0 Å². The molecule has 1 aliphatic heterocycles. The van der Waals surface area contributed by atoms with Crippen molar-refractivity contribution in [2.75, 3.05) is 0 Å². The number of hydrogen-bond acceptors (Lipinski definition) is 3. The fourth-order valence-corrected chi connectivity index (χ4v) is 3.12. The van der Waals surface area contributed by atoms with Crippen molar-refractivity contribution >= 4 is 18.5 Å². The Kier molecular flexibility index (Phi) is 3.44. The maximum atomic E-state index is 15.0. The molecule has 0 bridgehead atoms. The fraction of sp³-hybridized carbons (Fsp3) is 0.588. The van der Waals surface area contributed by atoms with Crippen LogP contribution in [0.2, 0.25) is 0 Å². The van der Waals surface area contributed by atoms with Crippen LogP contribution in [0.15, 0.2) is 12.1 Å². The lowest BCUT2D eigenvalue weighted by Gasteiger charge is -2.32. The third-order valence-corrected chi connectivity index (χ3v) is 5.41. The molecule has 1 amide bonds. The minimum absolute atomic E-state index is 0.351. The second kappa shape index (κ2) is 4.80. The van der Waals surface area contributed by atoms with Gasteiger partial charge >= 0.3 is 7.12 Å². The van der Waals surface area contributed by atoms with E-state index in [1.807, 2.05) is 27.7 Å². The molecule has 1 aliphatic carbocycles. The zero-order valence-corrected chi connectivity index (χ0v) is 14.3. The molecule has 2 N–H and O–H groups in total. The van der Waals surface area contributed by atoms with Crippen molar-refractivity contribution in [2.45, 2.75) is 64.3 Å². The normalized spacial score (nSPS) is 23.8. The highest BCUT2D eigenvalue weighted by Gasteiger charge is 2.55. The second-order valence-electron chi connectivity index (χ2n) is 7.62. The monoisotopic (exact) mass is 319 g/mol. The van der Waals surface area contributed by atoms with Gasteiger partial charge in [0.15, 0.2) is 0 Å². The van der Waals surface area contributed by atoms with Crippen LogP contribution in [0.4, 0.5) is 4.39 Å². The van der Waals surface area contributed by atoms with Gasteiger partial charge in [0.05, 0.1) is 11.2 Å². The van der Waals surface area contributed by atoms with Gasteiger partial charge in [0.25, 0.3) is 0 Å². The Morgan fingerprint density at radius 3 is 2.13 bits per heavy atom. The highest BCUT2D eigenvalue weighted by molar-refractivity contribution is 6.62. The number of halogens is 1. The number of rotatable bonds is 3. The lowest BCUT2D eigenvalue weighted by Crippen LogP contribution is -2.41. The quantitative estimate of drug-likeness (QED) is 0.870. The van der Waals surface area contributed by atoms with Gasteiger partial charge in [-0.05, 0) is 70.1 Å². The van der Waals surface area contributed by atoms with Crippen LogP contribution in [-0.4, -0.2) is 24.2 Å². The molecule has 0 aromatic heterocycles. The number of alkyl halides is 1. The molecule has 1 heterocycles. The van der Waals surface area contributed by atoms with E-state index in [1.165, 1.54) is 0 Å². The Balaban J connectivity index is 2.11. The Morgan fingerprint density at radius 2 is 1.70 bits per heavy atom. The van der Waals surface area contributed by atoms with Gasteiger partial charge in [0, 0.05) is 5.56 Å². The van der Waals surface area contributed by atoms with Gasteiger partial charge < -0.3 is 15.0 Å². The molecule has 23 heavy (non-hydrogen) atoms. The van der Waals surface area contributed by atoms with Crippen LogP contribution in [0.3, 0.4) is 0 Å². The molecule has 1 saturated heterocycles. The Bertz CT molecular complexity index is 667. The van der Waals surface area contributed by atoms with Crippen molar-refractivity contribution in [3.8, 4) is 0 Å². The van der Waals surface area contributed by atoms with E-state index in [4.69, 9.17) is 15.0 Å². The number of carbonyl (C=O) groups excluding carboxylic acids is 1. The van der Waals surface area contributed by atoms with Crippen LogP contribution in [0.1, 0.15) is 62.0 Å². The highest BCUT2D eigenvalue weighted by Crippen LogP contribution is 2.51. The molecule has 6 heteroatoms. The number of primary amides is 1. The van der Waals surface area contributed by atoms with Gasteiger partial charge in [0.2, 0.25) is 5.91 Å². The van der Waals surface area contributed by atoms with Crippen molar-refractivity contribution in [1.82, 2.24) is 0 Å². The summed E-state index contributed by atoms with van der Waals surface area (Å²) < 4.78 is 27.1. The van der Waals surface area contributed by atoms with Crippen molar-refractivity contribution in [2.24, 2.45) is 5.73 Å². The molecule has 124 valence electrons. The van der Waals surface area contributed by atoms with Gasteiger partial charge in [0.1, 0.15) is 5.67 Å². The molecular weight excluding hydrogens is 296 g/mol. The zero-order chi connectivity index (χ0) is 17.2. The first kappa shape index (κ1) is 16.5. The van der Waals surface area contributed by atoms with Crippen LogP contribution < -0.4 is 11.2 Å². The molecular formula is C17H23BFNO3. The molecule has 2 aliphatic rings. The Labute approximate surface area is 136 Å². The highest BCUT2D eigenvalue weighted by atomic mass is 19.1. The van der Waals surface area contributed by atoms with Crippen LogP contribution in [0.5, 0.6) is 0 Å². The van der Waals surface area contributed by atoms with Gasteiger partial charge in [-0.15, -0.1) is 0 Å². The summed E-state index contributed by atoms with van der Waals surface area (Å²) >= 11 is 0. The number of amides is 1. The van der Waals surface area contributed by atoms with E-state index in [0.29, 0.717) is 35.0 Å². The van der Waals surface area contributed by atoms with E-state index in [1.54, 1.807) is 19.1 Å². The first-order valence-corrected chi connectivity index (χ1v) is 7.97. The van der Waals surface area contributed by atoms with Crippen molar-refractivity contribution < 1.29 is 18.5 Å². The number of benzene rings is 1. The summed E-state index contributed by atoms with van der Waals surface area (Å²) in [5, 5.41) is 0. The van der Waals surface area contributed by atoms with Crippen LogP contribution in [0, 0.1) is 6.92 Å². The molecule has 3 rings (SSSR count). The molecule has 4 nitrogen and oxygen atoms in total. The van der Waals surface area contributed by atoms with E-state index >= 15 is 0 Å². The summed E-state index contributed by atoms with van der Waals surface area (Å²) in [6.07, 6.45) is 0.894. The predicted octanol–water partition coefficient (Wildman–Crippen LogP) is 2.35. The fourth-order valence-electron chi connectivity index (χ4n) is 3.12. The minimum Gasteiger partial charge on any atom is -0.399 e. The maximum absolute atomic E-state index is 15.0. The van der Waals surface area contributed by atoms with E-state index in [0.717, 1.165) is 0 Å². The molecule has 1 aromatic rings. The minimum atomic E-state index is -1.41. The SMILES string of the molecule is Cc1c(C(N)=O)ccc(B2OC(C)(C)C(C)(C)O2)c1C1(F)CC1. The van der Waals surface area contributed by atoms with Gasteiger partial charge in [-0.25, -0.2) is 4.39 Å². The standard InChI is InChI=1S/C17H23BFNO3/c1-10-11(14(20)21)6-7-12(13(10)17(19)8-9-17)18-22-15(2,3)16(4,5)23-18/h6-7H,8-9H2,1-5H3,(H2,20,21). The summed E-state index contributed by atoms with van der Waals surface area (Å²) in [5.41, 5.74) is 5.11. The molecule has 1 saturated carbocycles. The first-order valence-electron chi connectivity index (χ1n) is 7.97. The third-order valence-electron chi connectivity index (χ3n) is 5.41. The van der Waals surface area contributed by atoms with E-state index < -0.39 is 29.9 Å². The van der Waals surface area contributed by atoms with Crippen LogP contribution in [0.25, 0.3) is 0 Å². The molecule has 0 radical (unpaired) electrons. The summed E-state index contributed by atoms with van der Waals surface area (Å²) in [6, 6.07) is 3.34. The lowest BCUT2D eigenvalue weighted by molar-refractivity contribution is 0.00578. The average Bonchev–Trinajstić information content (AvgIpc) is 3.09. The van der Waals surface area contributed by atoms with E-state index in [2.05, 4.69) is 0 Å². The molecule has 0 spiro atoms. The Morgan fingerprint density at radius 1 is 1.17 bits per heavy atom. The largest absolute Gasteiger partial charge is 0.495 e. The smallest absolute Gasteiger partial charge is 0.399 e. The molecule has 0 unspecified atom stereocenters.